The van der Waals surface area contributed by atoms with Gasteiger partial charge >= 0.3 is 11.9 Å². The van der Waals surface area contributed by atoms with Crippen molar-refractivity contribution in [3.63, 3.8) is 0 Å². The summed E-state index contributed by atoms with van der Waals surface area (Å²) >= 11 is 7.17. The first kappa shape index (κ1) is 22.9. The van der Waals surface area contributed by atoms with Crippen molar-refractivity contribution in [1.29, 1.82) is 5.26 Å². The van der Waals surface area contributed by atoms with Crippen LogP contribution >= 0.6 is 23.4 Å². The molecule has 0 spiro atoms. The number of dihydropyridines is 1. The molecule has 2 rings (SSSR count). The Morgan fingerprint density at radius 3 is 2.41 bits per heavy atom. The summed E-state index contributed by atoms with van der Waals surface area (Å²) in [6.07, 6.45) is 0. The van der Waals surface area contributed by atoms with Gasteiger partial charge in [0, 0.05) is 10.7 Å². The van der Waals surface area contributed by atoms with Crippen molar-refractivity contribution >= 4 is 35.3 Å². The number of carbonyl (C=O) groups excluding carboxylic acids is 2. The highest BCUT2D eigenvalue weighted by Crippen LogP contribution is 2.41. The number of nitrogens with one attached hydrogen (secondary N) is 1. The first-order valence-corrected chi connectivity index (χ1v) is 10.2. The number of hydrogen-bond acceptors (Lipinski definition) is 7. The molecule has 0 saturated heterocycles. The van der Waals surface area contributed by atoms with Crippen LogP contribution in [0, 0.1) is 11.3 Å². The van der Waals surface area contributed by atoms with Gasteiger partial charge in [-0.05, 0) is 45.4 Å². The Hall–Kier alpha value is -2.43. The van der Waals surface area contributed by atoms with Crippen LogP contribution in [0.25, 0.3) is 0 Å². The van der Waals surface area contributed by atoms with E-state index in [4.69, 9.17) is 16.3 Å². The number of allylic oxidation sites excluding steroid dienone is 2. The summed E-state index contributed by atoms with van der Waals surface area (Å²) in [5, 5.41) is 14.0. The van der Waals surface area contributed by atoms with E-state index in [0.29, 0.717) is 26.9 Å². The molecular weight excluding hydrogens is 412 g/mol. The third-order valence-electron chi connectivity index (χ3n) is 4.03. The minimum atomic E-state index is -0.689. The Kier molecular flexibility index (Phi) is 7.39. The molecular formula is C21H23ClN2O4S. The monoisotopic (exact) mass is 434 g/mol. The van der Waals surface area contributed by atoms with Crippen LogP contribution in [-0.2, 0) is 19.1 Å². The lowest BCUT2D eigenvalue weighted by Gasteiger charge is -2.31. The van der Waals surface area contributed by atoms with Crippen molar-refractivity contribution < 1.29 is 19.1 Å². The largest absolute Gasteiger partial charge is 0.468 e. The van der Waals surface area contributed by atoms with Gasteiger partial charge in [-0.15, -0.1) is 0 Å². The molecule has 1 N–H and O–H groups in total. The van der Waals surface area contributed by atoms with Crippen molar-refractivity contribution in [3.8, 4) is 6.07 Å². The molecule has 0 aromatic heterocycles. The fourth-order valence-electron chi connectivity index (χ4n) is 2.81. The second kappa shape index (κ2) is 9.38. The van der Waals surface area contributed by atoms with Crippen molar-refractivity contribution in [2.45, 2.75) is 39.2 Å². The van der Waals surface area contributed by atoms with Crippen LogP contribution in [0.1, 0.15) is 39.2 Å². The first-order chi connectivity index (χ1) is 13.6. The molecule has 1 unspecified atom stereocenters. The Morgan fingerprint density at radius 2 is 1.90 bits per heavy atom. The van der Waals surface area contributed by atoms with Crippen LogP contribution in [0.5, 0.6) is 0 Å². The number of carbonyl (C=O) groups is 2. The van der Waals surface area contributed by atoms with E-state index in [2.05, 4.69) is 16.1 Å². The van der Waals surface area contributed by atoms with Crippen LogP contribution in [0.4, 0.5) is 0 Å². The minimum Gasteiger partial charge on any atom is -0.468 e. The molecule has 8 heteroatoms. The van der Waals surface area contributed by atoms with Gasteiger partial charge in [0.25, 0.3) is 0 Å². The van der Waals surface area contributed by atoms with E-state index >= 15 is 0 Å². The predicted octanol–water partition coefficient (Wildman–Crippen LogP) is 4.28. The summed E-state index contributed by atoms with van der Waals surface area (Å²) in [6, 6.07) is 9.16. The smallest absolute Gasteiger partial charge is 0.337 e. The third-order valence-corrected chi connectivity index (χ3v) is 5.27. The number of rotatable bonds is 5. The van der Waals surface area contributed by atoms with E-state index in [-0.39, 0.29) is 5.75 Å². The number of methoxy groups -OCH3 is 1. The molecule has 6 nitrogen and oxygen atoms in total. The zero-order chi connectivity index (χ0) is 21.8. The summed E-state index contributed by atoms with van der Waals surface area (Å²) in [5.74, 6) is -1.53. The van der Waals surface area contributed by atoms with E-state index in [1.807, 2.05) is 0 Å². The second-order valence-corrected chi connectivity index (χ2v) is 8.79. The summed E-state index contributed by atoms with van der Waals surface area (Å²) in [7, 11) is 1.30. The number of nitrogens with zero attached hydrogens (tertiary/aromatic N) is 1. The average molecular weight is 435 g/mol. The lowest BCUT2D eigenvalue weighted by molar-refractivity contribution is -0.150. The normalized spacial score (nSPS) is 16.8. The van der Waals surface area contributed by atoms with Crippen LogP contribution in [0.2, 0.25) is 5.02 Å². The standard InChI is InChI=1S/C21H23ClN2O4S/c1-12-17(20(26)28-21(2,3)4)18(13-6-8-14(22)9-7-13)15(10-23)19(24-12)29-11-16(25)27-5/h6-9,18,24H,11H2,1-5H3. The Labute approximate surface area is 179 Å². The molecule has 1 aromatic carbocycles. The summed E-state index contributed by atoms with van der Waals surface area (Å²) in [5.41, 5.74) is 1.27. The quantitative estimate of drug-likeness (QED) is 0.691. The highest BCUT2D eigenvalue weighted by atomic mass is 35.5. The maximum absolute atomic E-state index is 13.0. The summed E-state index contributed by atoms with van der Waals surface area (Å²) in [6.45, 7) is 7.10. The van der Waals surface area contributed by atoms with Crippen molar-refractivity contribution in [1.82, 2.24) is 5.32 Å². The Balaban J connectivity index is 2.56. The first-order valence-electron chi connectivity index (χ1n) is 8.88. The zero-order valence-corrected chi connectivity index (χ0v) is 18.5. The summed E-state index contributed by atoms with van der Waals surface area (Å²) in [4.78, 5) is 24.6. The Bertz CT molecular complexity index is 908. The molecule has 1 aliphatic rings. The molecule has 1 heterocycles. The van der Waals surface area contributed by atoms with E-state index in [1.54, 1.807) is 52.0 Å². The summed E-state index contributed by atoms with van der Waals surface area (Å²) < 4.78 is 10.3. The molecule has 1 aromatic rings. The molecule has 0 saturated carbocycles. The fourth-order valence-corrected chi connectivity index (χ4v) is 3.86. The van der Waals surface area contributed by atoms with Gasteiger partial charge in [0.15, 0.2) is 0 Å². The van der Waals surface area contributed by atoms with Gasteiger partial charge < -0.3 is 14.8 Å². The molecule has 1 atom stereocenters. The molecule has 0 fully saturated rings. The van der Waals surface area contributed by atoms with Crippen molar-refractivity contribution in [2.75, 3.05) is 12.9 Å². The molecule has 0 bridgehead atoms. The lowest BCUT2D eigenvalue weighted by Crippen LogP contribution is -2.32. The topological polar surface area (TPSA) is 88.4 Å². The van der Waals surface area contributed by atoms with Gasteiger partial charge in [0.2, 0.25) is 0 Å². The van der Waals surface area contributed by atoms with Crippen LogP contribution in [0.3, 0.4) is 0 Å². The second-order valence-electron chi connectivity index (χ2n) is 7.37. The molecule has 154 valence electrons. The molecule has 0 aliphatic carbocycles. The van der Waals surface area contributed by atoms with E-state index in [9.17, 15) is 14.9 Å². The maximum atomic E-state index is 13.0. The zero-order valence-electron chi connectivity index (χ0n) is 17.0. The van der Waals surface area contributed by atoms with Crippen molar-refractivity contribution in [3.05, 3.63) is 56.7 Å². The number of thioether (sulfide) groups is 1. The van der Waals surface area contributed by atoms with Crippen LogP contribution in [0.15, 0.2) is 46.1 Å². The SMILES string of the molecule is COC(=O)CSC1=C(C#N)C(c2ccc(Cl)cc2)C(C(=O)OC(C)(C)C)=C(C)N1. The van der Waals surface area contributed by atoms with Crippen LogP contribution < -0.4 is 5.32 Å². The van der Waals surface area contributed by atoms with Gasteiger partial charge in [-0.2, -0.15) is 5.26 Å². The number of nitriles is 1. The fraction of sp³-hybridized carbons (Fsp3) is 0.381. The third kappa shape index (κ3) is 5.78. The van der Waals surface area contributed by atoms with Gasteiger partial charge in [-0.1, -0.05) is 35.5 Å². The molecule has 1 aliphatic heterocycles. The highest BCUT2D eigenvalue weighted by Gasteiger charge is 2.37. The predicted molar refractivity (Wildman–Crippen MR) is 113 cm³/mol. The average Bonchev–Trinajstić information content (AvgIpc) is 2.64. The minimum absolute atomic E-state index is 0.0341. The number of benzene rings is 1. The van der Waals surface area contributed by atoms with E-state index in [0.717, 1.165) is 17.3 Å². The van der Waals surface area contributed by atoms with Gasteiger partial charge in [-0.3, -0.25) is 4.79 Å². The lowest BCUT2D eigenvalue weighted by atomic mass is 9.82. The van der Waals surface area contributed by atoms with Gasteiger partial charge in [0.05, 0.1) is 41.0 Å². The molecule has 0 radical (unpaired) electrons. The molecule has 29 heavy (non-hydrogen) atoms. The van der Waals surface area contributed by atoms with E-state index < -0.39 is 23.5 Å². The number of halogens is 1. The van der Waals surface area contributed by atoms with Gasteiger partial charge in [0.1, 0.15) is 5.60 Å². The van der Waals surface area contributed by atoms with Crippen molar-refractivity contribution in [2.24, 2.45) is 0 Å². The number of esters is 2. The highest BCUT2D eigenvalue weighted by molar-refractivity contribution is 8.03. The van der Waals surface area contributed by atoms with Gasteiger partial charge in [-0.25, -0.2) is 4.79 Å². The van der Waals surface area contributed by atoms with Crippen LogP contribution in [-0.4, -0.2) is 30.4 Å². The maximum Gasteiger partial charge on any atom is 0.337 e. The number of ether oxygens (including phenoxy) is 2. The van der Waals surface area contributed by atoms with E-state index in [1.165, 1.54) is 7.11 Å². The molecule has 0 amide bonds. The number of hydrogen-bond donors (Lipinski definition) is 1. The Morgan fingerprint density at radius 1 is 1.28 bits per heavy atom.